The van der Waals surface area contributed by atoms with E-state index in [1.54, 1.807) is 0 Å². The van der Waals surface area contributed by atoms with Crippen molar-refractivity contribution in [3.05, 3.63) is 0 Å². The first kappa shape index (κ1) is 26.4. The van der Waals surface area contributed by atoms with Crippen molar-refractivity contribution in [3.63, 3.8) is 0 Å². The molecule has 0 aliphatic carbocycles. The smallest absolute Gasteiger partial charge is 0.229 e. The first-order valence-corrected chi connectivity index (χ1v) is 11.1. The van der Waals surface area contributed by atoms with Gasteiger partial charge in [0.1, 0.15) is 0 Å². The molecule has 0 saturated heterocycles. The first-order valence-electron chi connectivity index (χ1n) is 11.1. The summed E-state index contributed by atoms with van der Waals surface area (Å²) in [5.41, 5.74) is 18.2. The van der Waals surface area contributed by atoms with E-state index in [9.17, 15) is 0 Å². The van der Waals surface area contributed by atoms with Gasteiger partial charge in [-0.3, -0.25) is 0 Å². The van der Waals surface area contributed by atoms with Crippen LogP contribution in [0.5, 0.6) is 0 Å². The zero-order valence-corrected chi connectivity index (χ0v) is 21.1. The lowest BCUT2D eigenvalue weighted by atomic mass is 9.54. The second kappa shape index (κ2) is 9.25. The van der Waals surface area contributed by atoms with Crippen molar-refractivity contribution in [3.8, 4) is 0 Å². The zero-order chi connectivity index (χ0) is 23.5. The van der Waals surface area contributed by atoms with Gasteiger partial charge >= 0.3 is 0 Å². The maximum Gasteiger partial charge on any atom is 0.229 e. The van der Waals surface area contributed by atoms with Gasteiger partial charge < -0.3 is 22.5 Å². The number of rotatable bonds is 9. The lowest BCUT2D eigenvalue weighted by molar-refractivity contribution is -0.00727. The van der Waals surface area contributed by atoms with Gasteiger partial charge in [0, 0.05) is 6.54 Å². The Balaban J connectivity index is 3.16. The average molecular weight is 422 g/mol. The Hall–Kier alpha value is -1.63. The predicted molar refractivity (Wildman–Crippen MR) is 129 cm³/mol. The topological polar surface area (TPSA) is 129 Å². The van der Waals surface area contributed by atoms with Gasteiger partial charge in [0.2, 0.25) is 17.8 Å². The molecule has 2 unspecified atom stereocenters. The van der Waals surface area contributed by atoms with Gasteiger partial charge in [-0.05, 0) is 52.9 Å². The molecule has 0 saturated carbocycles. The Morgan fingerprint density at radius 1 is 0.767 bits per heavy atom. The van der Waals surface area contributed by atoms with Crippen molar-refractivity contribution in [2.24, 2.45) is 39.2 Å². The van der Waals surface area contributed by atoms with E-state index in [1.807, 2.05) is 0 Å². The number of nitrogens with two attached hydrogens (primary N) is 3. The van der Waals surface area contributed by atoms with E-state index in [-0.39, 0.29) is 33.6 Å². The molecule has 7 N–H and O–H groups in total. The minimum absolute atomic E-state index is 0.0378. The van der Waals surface area contributed by atoms with Crippen molar-refractivity contribution < 1.29 is 0 Å². The Bertz CT molecular complexity index is 664. The summed E-state index contributed by atoms with van der Waals surface area (Å²) in [6.07, 6.45) is 2.14. The van der Waals surface area contributed by atoms with Crippen LogP contribution in [-0.4, -0.2) is 28.0 Å². The fourth-order valence-electron chi connectivity index (χ4n) is 4.20. The predicted octanol–water partition coefficient (Wildman–Crippen LogP) is 4.56. The molecule has 0 bridgehead atoms. The number of hydrogen-bond acceptors (Lipinski definition) is 7. The van der Waals surface area contributed by atoms with Gasteiger partial charge in [0.05, 0.1) is 0 Å². The minimum atomic E-state index is 0.0378. The number of aromatic nitrogens is 3. The highest BCUT2D eigenvalue weighted by Crippen LogP contribution is 2.52. The van der Waals surface area contributed by atoms with Crippen LogP contribution in [0.1, 0.15) is 82.1 Å². The third kappa shape index (κ3) is 7.25. The van der Waals surface area contributed by atoms with Gasteiger partial charge in [0.15, 0.2) is 0 Å². The van der Waals surface area contributed by atoms with Gasteiger partial charge in [0.25, 0.3) is 0 Å². The van der Waals surface area contributed by atoms with Crippen LogP contribution in [-0.2, 0) is 0 Å². The van der Waals surface area contributed by atoms with E-state index in [1.165, 1.54) is 0 Å². The van der Waals surface area contributed by atoms with Crippen LogP contribution < -0.4 is 22.5 Å². The largest absolute Gasteiger partial charge is 0.368 e. The second-order valence-corrected chi connectivity index (χ2v) is 12.3. The summed E-state index contributed by atoms with van der Waals surface area (Å²) in [5.74, 6) is 1.53. The van der Waals surface area contributed by atoms with Crippen molar-refractivity contribution in [1.82, 2.24) is 15.0 Å². The van der Waals surface area contributed by atoms with Crippen molar-refractivity contribution in [2.45, 2.75) is 82.1 Å². The van der Waals surface area contributed by atoms with E-state index >= 15 is 0 Å². The molecule has 0 fully saturated rings. The average Bonchev–Trinajstić information content (AvgIpc) is 2.53. The second-order valence-electron chi connectivity index (χ2n) is 12.3. The van der Waals surface area contributed by atoms with Gasteiger partial charge in [-0.25, -0.2) is 0 Å². The van der Waals surface area contributed by atoms with Crippen LogP contribution in [0.15, 0.2) is 0 Å². The maximum absolute atomic E-state index is 6.19. The lowest BCUT2D eigenvalue weighted by Gasteiger charge is -2.51. The van der Waals surface area contributed by atoms with Gasteiger partial charge in [-0.15, -0.1) is 0 Å². The van der Waals surface area contributed by atoms with Crippen LogP contribution in [0.3, 0.4) is 0 Å². The standard InChI is InChI=1S/C23H47N7/c1-20(2,3)11-16(14-27-19-29-17(25)28-18(26)30-19)23(9,10)22(7,8)12-15(13-24)21(4,5)6/h15-16H,11-14,24H2,1-10H3,(H5,25,26,27,28,29,30). The molecule has 7 nitrogen and oxygen atoms in total. The molecule has 1 heterocycles. The number of nitrogens with one attached hydrogen (secondary N) is 1. The Morgan fingerprint density at radius 2 is 1.27 bits per heavy atom. The van der Waals surface area contributed by atoms with Crippen molar-refractivity contribution in [2.75, 3.05) is 29.9 Å². The minimum Gasteiger partial charge on any atom is -0.368 e. The number of nitrogen functional groups attached to an aromatic ring is 2. The summed E-state index contributed by atoms with van der Waals surface area (Å²) in [5, 5.41) is 3.38. The van der Waals surface area contributed by atoms with E-state index in [0.29, 0.717) is 24.3 Å². The summed E-state index contributed by atoms with van der Waals surface area (Å²) < 4.78 is 0. The molecule has 1 aromatic heterocycles. The van der Waals surface area contributed by atoms with Crippen LogP contribution in [0.4, 0.5) is 17.8 Å². The highest BCUT2D eigenvalue weighted by atomic mass is 15.2. The molecule has 30 heavy (non-hydrogen) atoms. The molecule has 1 aromatic rings. The molecule has 1 rings (SSSR count). The molecule has 0 spiro atoms. The molecule has 0 amide bonds. The monoisotopic (exact) mass is 421 g/mol. The molecule has 174 valence electrons. The molecular weight excluding hydrogens is 374 g/mol. The van der Waals surface area contributed by atoms with E-state index in [0.717, 1.165) is 19.4 Å². The third-order valence-corrected chi connectivity index (χ3v) is 7.07. The summed E-state index contributed by atoms with van der Waals surface area (Å²) >= 11 is 0. The number of anilines is 3. The first-order chi connectivity index (χ1) is 13.4. The SMILES string of the molecule is CC(C)(C)CC(CNc1nc(N)nc(N)n1)C(C)(C)C(C)(C)CC(CN)C(C)(C)C. The van der Waals surface area contributed by atoms with Crippen LogP contribution in [0, 0.1) is 33.5 Å². The van der Waals surface area contributed by atoms with Crippen molar-refractivity contribution in [1.29, 1.82) is 0 Å². The van der Waals surface area contributed by atoms with E-state index < -0.39 is 0 Å². The molecule has 7 heteroatoms. The fourth-order valence-corrected chi connectivity index (χ4v) is 4.20. The molecular formula is C23H47N7. The fraction of sp³-hybridized carbons (Fsp3) is 0.870. The van der Waals surface area contributed by atoms with Gasteiger partial charge in [-0.2, -0.15) is 15.0 Å². The highest BCUT2D eigenvalue weighted by molar-refractivity contribution is 5.37. The lowest BCUT2D eigenvalue weighted by Crippen LogP contribution is -2.46. The van der Waals surface area contributed by atoms with Crippen LogP contribution in [0.25, 0.3) is 0 Å². The molecule has 0 aliphatic rings. The van der Waals surface area contributed by atoms with Gasteiger partial charge in [-0.1, -0.05) is 69.2 Å². The molecule has 0 radical (unpaired) electrons. The normalized spacial score (nSPS) is 15.7. The zero-order valence-electron chi connectivity index (χ0n) is 21.1. The number of nitrogens with zero attached hydrogens (tertiary/aromatic N) is 3. The maximum atomic E-state index is 6.19. The molecule has 0 aliphatic heterocycles. The Morgan fingerprint density at radius 3 is 1.67 bits per heavy atom. The Kier molecular flexibility index (Phi) is 8.14. The number of hydrogen-bond donors (Lipinski definition) is 4. The van der Waals surface area contributed by atoms with Crippen LogP contribution >= 0.6 is 0 Å². The summed E-state index contributed by atoms with van der Waals surface area (Å²) in [6.45, 7) is 24.7. The quantitative estimate of drug-likeness (QED) is 0.460. The third-order valence-electron chi connectivity index (χ3n) is 7.07. The molecule has 0 aromatic carbocycles. The van der Waals surface area contributed by atoms with E-state index in [2.05, 4.69) is 89.5 Å². The summed E-state index contributed by atoms with van der Waals surface area (Å²) in [6, 6.07) is 0. The summed E-state index contributed by atoms with van der Waals surface area (Å²) in [4.78, 5) is 12.2. The summed E-state index contributed by atoms with van der Waals surface area (Å²) in [7, 11) is 0. The Labute approximate surface area is 184 Å². The van der Waals surface area contributed by atoms with Crippen molar-refractivity contribution >= 4 is 17.8 Å². The molecule has 2 atom stereocenters. The van der Waals surface area contributed by atoms with Crippen LogP contribution in [0.2, 0.25) is 0 Å². The van der Waals surface area contributed by atoms with E-state index in [4.69, 9.17) is 17.2 Å². The highest BCUT2D eigenvalue weighted by Gasteiger charge is 2.46.